The fraction of sp³-hybridized carbons (Fsp3) is 0.471. The van der Waals surface area contributed by atoms with Crippen LogP contribution in [0.1, 0.15) is 41.9 Å². The lowest BCUT2D eigenvalue weighted by atomic mass is 9.84. The van der Waals surface area contributed by atoms with Crippen molar-refractivity contribution in [1.29, 1.82) is 0 Å². The fourth-order valence-corrected chi connectivity index (χ4v) is 2.73. The molecule has 1 unspecified atom stereocenters. The first-order chi connectivity index (χ1) is 9.33. The molecule has 1 atom stereocenters. The van der Waals surface area contributed by atoms with Crippen LogP contribution < -0.4 is 5.73 Å². The Morgan fingerprint density at radius 3 is 2.55 bits per heavy atom. The molecule has 2 rings (SSSR count). The van der Waals surface area contributed by atoms with E-state index in [-0.39, 0.29) is 5.54 Å². The molecule has 1 heterocycles. The van der Waals surface area contributed by atoms with Crippen LogP contribution in [-0.2, 0) is 25.4 Å². The summed E-state index contributed by atoms with van der Waals surface area (Å²) in [6.45, 7) is 8.46. The first kappa shape index (κ1) is 14.8. The molecule has 20 heavy (non-hydrogen) atoms. The second-order valence-corrected chi connectivity index (χ2v) is 6.02. The van der Waals surface area contributed by atoms with Crippen molar-refractivity contribution in [2.24, 2.45) is 12.8 Å². The van der Waals surface area contributed by atoms with E-state index in [1.807, 2.05) is 11.7 Å². The summed E-state index contributed by atoms with van der Waals surface area (Å²) in [7, 11) is 1.99. The maximum atomic E-state index is 6.62. The van der Waals surface area contributed by atoms with E-state index >= 15 is 0 Å². The minimum Gasteiger partial charge on any atom is -0.321 e. The van der Waals surface area contributed by atoms with E-state index in [1.165, 1.54) is 22.4 Å². The number of benzene rings is 1. The molecule has 1 aromatic heterocycles. The van der Waals surface area contributed by atoms with Gasteiger partial charge in [0.25, 0.3) is 0 Å². The van der Waals surface area contributed by atoms with E-state index in [0.717, 1.165) is 18.5 Å². The summed E-state index contributed by atoms with van der Waals surface area (Å²) in [4.78, 5) is 0. The summed E-state index contributed by atoms with van der Waals surface area (Å²) in [6, 6.07) is 8.65. The standard InChI is InChI=1S/C17H25N3/c1-6-14-10-15(20(5)19-14)11-17(4,18)16-9-12(2)7-8-13(16)3/h7-10H,6,11,18H2,1-5H3. The predicted molar refractivity (Wildman–Crippen MR) is 83.7 cm³/mol. The molecule has 0 bridgehead atoms. The zero-order chi connectivity index (χ0) is 14.9. The maximum absolute atomic E-state index is 6.62. The summed E-state index contributed by atoms with van der Waals surface area (Å²) >= 11 is 0. The third kappa shape index (κ3) is 2.93. The number of hydrogen-bond acceptors (Lipinski definition) is 2. The van der Waals surface area contributed by atoms with E-state index in [9.17, 15) is 0 Å². The molecule has 0 saturated carbocycles. The van der Waals surface area contributed by atoms with Gasteiger partial charge < -0.3 is 5.73 Å². The SMILES string of the molecule is CCc1cc(CC(C)(N)c2cc(C)ccc2C)n(C)n1. The zero-order valence-corrected chi connectivity index (χ0v) is 13.2. The third-order valence-corrected chi connectivity index (χ3v) is 3.95. The van der Waals surface area contributed by atoms with Crippen molar-refractivity contribution in [1.82, 2.24) is 9.78 Å². The number of rotatable bonds is 4. The average Bonchev–Trinajstić information content (AvgIpc) is 2.72. The molecule has 0 aliphatic carbocycles. The van der Waals surface area contributed by atoms with E-state index in [4.69, 9.17) is 5.73 Å². The van der Waals surface area contributed by atoms with Gasteiger partial charge in [0.15, 0.2) is 0 Å². The lowest BCUT2D eigenvalue weighted by Crippen LogP contribution is -2.37. The monoisotopic (exact) mass is 271 g/mol. The first-order valence-corrected chi connectivity index (χ1v) is 7.22. The summed E-state index contributed by atoms with van der Waals surface area (Å²) in [6.07, 6.45) is 1.75. The Kier molecular flexibility index (Phi) is 4.00. The molecular weight excluding hydrogens is 246 g/mol. The number of nitrogens with two attached hydrogens (primary N) is 1. The predicted octanol–water partition coefficient (Wildman–Crippen LogP) is 3.02. The smallest absolute Gasteiger partial charge is 0.0624 e. The highest BCUT2D eigenvalue weighted by Crippen LogP contribution is 2.26. The molecule has 1 aromatic carbocycles. The molecule has 0 amide bonds. The van der Waals surface area contributed by atoms with E-state index < -0.39 is 0 Å². The van der Waals surface area contributed by atoms with Crippen molar-refractivity contribution in [2.45, 2.75) is 46.1 Å². The van der Waals surface area contributed by atoms with Crippen LogP contribution in [0.2, 0.25) is 0 Å². The fourth-order valence-electron chi connectivity index (χ4n) is 2.73. The highest BCUT2D eigenvalue weighted by atomic mass is 15.3. The van der Waals surface area contributed by atoms with Crippen LogP contribution in [0, 0.1) is 13.8 Å². The average molecular weight is 271 g/mol. The van der Waals surface area contributed by atoms with Gasteiger partial charge in [0.05, 0.1) is 5.69 Å². The summed E-state index contributed by atoms with van der Waals surface area (Å²) in [5.41, 5.74) is 12.3. The molecule has 0 spiro atoms. The van der Waals surface area contributed by atoms with Crippen molar-refractivity contribution in [3.05, 3.63) is 52.3 Å². The van der Waals surface area contributed by atoms with Gasteiger partial charge in [-0.2, -0.15) is 5.10 Å². The van der Waals surface area contributed by atoms with Gasteiger partial charge in [-0.25, -0.2) is 0 Å². The zero-order valence-electron chi connectivity index (χ0n) is 13.2. The molecule has 0 aliphatic heterocycles. The quantitative estimate of drug-likeness (QED) is 0.929. The third-order valence-electron chi connectivity index (χ3n) is 3.95. The van der Waals surface area contributed by atoms with E-state index in [1.54, 1.807) is 0 Å². The van der Waals surface area contributed by atoms with Gasteiger partial charge in [0.1, 0.15) is 0 Å². The minimum atomic E-state index is -0.380. The van der Waals surface area contributed by atoms with Crippen LogP contribution in [0.4, 0.5) is 0 Å². The van der Waals surface area contributed by atoms with Crippen LogP contribution in [0.3, 0.4) is 0 Å². The molecule has 2 aromatic rings. The second-order valence-electron chi connectivity index (χ2n) is 6.02. The van der Waals surface area contributed by atoms with E-state index in [0.29, 0.717) is 0 Å². The lowest BCUT2D eigenvalue weighted by molar-refractivity contribution is 0.469. The Morgan fingerprint density at radius 2 is 1.95 bits per heavy atom. The minimum absolute atomic E-state index is 0.380. The Bertz CT molecular complexity index is 609. The molecule has 108 valence electrons. The van der Waals surface area contributed by atoms with Crippen LogP contribution >= 0.6 is 0 Å². The molecule has 0 radical (unpaired) electrons. The number of aryl methyl sites for hydroxylation is 4. The Balaban J connectivity index is 2.34. The number of nitrogens with zero attached hydrogens (tertiary/aromatic N) is 2. The first-order valence-electron chi connectivity index (χ1n) is 7.22. The molecule has 0 aliphatic rings. The van der Waals surface area contributed by atoms with Crippen molar-refractivity contribution >= 4 is 0 Å². The van der Waals surface area contributed by atoms with Gasteiger partial charge in [-0.1, -0.05) is 30.7 Å². The summed E-state index contributed by atoms with van der Waals surface area (Å²) in [5, 5.41) is 4.51. The molecular formula is C17H25N3. The van der Waals surface area contributed by atoms with Crippen molar-refractivity contribution in [3.8, 4) is 0 Å². The normalized spacial score (nSPS) is 14.3. The van der Waals surface area contributed by atoms with Gasteiger partial charge in [-0.15, -0.1) is 0 Å². The van der Waals surface area contributed by atoms with Gasteiger partial charge in [0, 0.05) is 24.7 Å². The molecule has 3 heteroatoms. The van der Waals surface area contributed by atoms with Gasteiger partial charge in [-0.05, 0) is 44.4 Å². The van der Waals surface area contributed by atoms with Crippen LogP contribution in [0.25, 0.3) is 0 Å². The van der Waals surface area contributed by atoms with E-state index in [2.05, 4.69) is 57.1 Å². The van der Waals surface area contributed by atoms with Crippen LogP contribution in [0.15, 0.2) is 24.3 Å². The summed E-state index contributed by atoms with van der Waals surface area (Å²) in [5.74, 6) is 0. The highest BCUT2D eigenvalue weighted by Gasteiger charge is 2.25. The maximum Gasteiger partial charge on any atom is 0.0624 e. The van der Waals surface area contributed by atoms with Crippen molar-refractivity contribution in [2.75, 3.05) is 0 Å². The largest absolute Gasteiger partial charge is 0.321 e. The Labute approximate surface area is 121 Å². The Hall–Kier alpha value is -1.61. The van der Waals surface area contributed by atoms with Crippen molar-refractivity contribution < 1.29 is 0 Å². The van der Waals surface area contributed by atoms with Gasteiger partial charge in [-0.3, -0.25) is 4.68 Å². The second kappa shape index (κ2) is 5.41. The molecule has 0 saturated heterocycles. The summed E-state index contributed by atoms with van der Waals surface area (Å²) < 4.78 is 1.95. The number of aromatic nitrogens is 2. The Morgan fingerprint density at radius 1 is 1.25 bits per heavy atom. The molecule has 0 fully saturated rings. The molecule has 3 nitrogen and oxygen atoms in total. The topological polar surface area (TPSA) is 43.8 Å². The van der Waals surface area contributed by atoms with Crippen molar-refractivity contribution in [3.63, 3.8) is 0 Å². The number of hydrogen-bond donors (Lipinski definition) is 1. The highest BCUT2D eigenvalue weighted by molar-refractivity contribution is 5.36. The van der Waals surface area contributed by atoms with Gasteiger partial charge in [0.2, 0.25) is 0 Å². The molecule has 2 N–H and O–H groups in total. The van der Waals surface area contributed by atoms with Crippen LogP contribution in [-0.4, -0.2) is 9.78 Å². The van der Waals surface area contributed by atoms with Crippen LogP contribution in [0.5, 0.6) is 0 Å². The van der Waals surface area contributed by atoms with Gasteiger partial charge >= 0.3 is 0 Å². The lowest BCUT2D eigenvalue weighted by Gasteiger charge is -2.27.